The van der Waals surface area contributed by atoms with Crippen LogP contribution >= 0.6 is 11.3 Å². The highest BCUT2D eigenvalue weighted by molar-refractivity contribution is 7.92. The molecular formula is C14H17N3O3S2. The number of nitrogens with one attached hydrogen (secondary N) is 1. The number of hydrogen-bond donors (Lipinski definition) is 1. The van der Waals surface area contributed by atoms with E-state index in [0.717, 1.165) is 22.5 Å². The van der Waals surface area contributed by atoms with Crippen molar-refractivity contribution in [3.63, 3.8) is 0 Å². The summed E-state index contributed by atoms with van der Waals surface area (Å²) in [7, 11) is -3.58. The Bertz CT molecular complexity index is 782. The maximum Gasteiger partial charge on any atom is 0.234 e. The zero-order chi connectivity index (χ0) is 16.3. The van der Waals surface area contributed by atoms with Crippen LogP contribution in [0.2, 0.25) is 0 Å². The van der Waals surface area contributed by atoms with E-state index in [9.17, 15) is 13.2 Å². The zero-order valence-electron chi connectivity index (χ0n) is 12.5. The molecule has 1 aromatic carbocycles. The highest BCUT2D eigenvalue weighted by atomic mass is 32.2. The van der Waals surface area contributed by atoms with Gasteiger partial charge in [-0.05, 0) is 18.1 Å². The van der Waals surface area contributed by atoms with Crippen LogP contribution < -0.4 is 5.32 Å². The summed E-state index contributed by atoms with van der Waals surface area (Å²) in [6.07, 6.45) is 0. The molecule has 0 radical (unpaired) electrons. The predicted octanol–water partition coefficient (Wildman–Crippen LogP) is 2.41. The minimum atomic E-state index is -3.58. The van der Waals surface area contributed by atoms with Crippen molar-refractivity contribution < 1.29 is 13.2 Å². The van der Waals surface area contributed by atoms with Crippen LogP contribution in [0.25, 0.3) is 0 Å². The van der Waals surface area contributed by atoms with Gasteiger partial charge in [-0.2, -0.15) is 0 Å². The quantitative estimate of drug-likeness (QED) is 0.845. The van der Waals surface area contributed by atoms with Crippen LogP contribution in [-0.2, 0) is 20.4 Å². The molecule has 22 heavy (non-hydrogen) atoms. The molecule has 0 spiro atoms. The lowest BCUT2D eigenvalue weighted by atomic mass is 10.1. The summed E-state index contributed by atoms with van der Waals surface area (Å²) in [5, 5.41) is 10.2. The van der Waals surface area contributed by atoms with Gasteiger partial charge in [-0.15, -0.1) is 10.2 Å². The molecule has 0 unspecified atom stereocenters. The molecule has 0 saturated heterocycles. The fourth-order valence-electron chi connectivity index (χ4n) is 1.67. The number of carbonyl (C=O) groups is 1. The second kappa shape index (κ2) is 6.53. The number of amides is 1. The summed E-state index contributed by atoms with van der Waals surface area (Å²) in [4.78, 5) is 11.6. The summed E-state index contributed by atoms with van der Waals surface area (Å²) < 4.78 is 24.7. The Hall–Kier alpha value is -1.80. The van der Waals surface area contributed by atoms with Crippen LogP contribution in [0, 0.1) is 12.8 Å². The van der Waals surface area contributed by atoms with Crippen LogP contribution in [0.3, 0.4) is 0 Å². The van der Waals surface area contributed by atoms with E-state index in [-0.39, 0.29) is 27.0 Å². The Morgan fingerprint density at radius 1 is 1.27 bits per heavy atom. The van der Waals surface area contributed by atoms with Crippen LogP contribution in [0.1, 0.15) is 25.0 Å². The summed E-state index contributed by atoms with van der Waals surface area (Å²) in [6, 6.07) is 7.29. The van der Waals surface area contributed by atoms with Gasteiger partial charge in [-0.25, -0.2) is 8.42 Å². The standard InChI is InChI=1S/C14H17N3O3S2/c1-9(2)12(18)15-13-16-17-14(21-13)22(19,20)8-11-7-5-4-6-10(11)3/h4-7,9H,8H2,1-3H3,(H,15,16,18). The van der Waals surface area contributed by atoms with E-state index in [0.29, 0.717) is 0 Å². The first-order valence-electron chi connectivity index (χ1n) is 6.71. The van der Waals surface area contributed by atoms with Crippen LogP contribution in [0.5, 0.6) is 0 Å². The predicted molar refractivity (Wildman–Crippen MR) is 85.4 cm³/mol. The molecule has 2 aromatic rings. The normalized spacial score (nSPS) is 11.6. The maximum atomic E-state index is 12.4. The number of anilines is 1. The van der Waals surface area contributed by atoms with Crippen molar-refractivity contribution in [2.24, 2.45) is 5.92 Å². The minimum Gasteiger partial charge on any atom is -0.300 e. The molecule has 1 heterocycles. The molecule has 0 fully saturated rings. The molecule has 0 aliphatic carbocycles. The third kappa shape index (κ3) is 3.89. The lowest BCUT2D eigenvalue weighted by Gasteiger charge is -2.04. The topological polar surface area (TPSA) is 89.0 Å². The Balaban J connectivity index is 2.19. The van der Waals surface area contributed by atoms with Gasteiger partial charge < -0.3 is 5.32 Å². The van der Waals surface area contributed by atoms with E-state index in [2.05, 4.69) is 15.5 Å². The fraction of sp³-hybridized carbons (Fsp3) is 0.357. The summed E-state index contributed by atoms with van der Waals surface area (Å²) in [6.45, 7) is 5.34. The first-order chi connectivity index (χ1) is 10.3. The fourth-order valence-corrected chi connectivity index (χ4v) is 4.10. The molecule has 1 amide bonds. The lowest BCUT2D eigenvalue weighted by Crippen LogP contribution is -2.17. The van der Waals surface area contributed by atoms with Crippen molar-refractivity contribution in [3.05, 3.63) is 35.4 Å². The number of aryl methyl sites for hydroxylation is 1. The molecule has 0 aliphatic rings. The molecule has 0 bridgehead atoms. The highest BCUT2D eigenvalue weighted by Gasteiger charge is 2.22. The number of sulfone groups is 1. The minimum absolute atomic E-state index is 0.0881. The Kier molecular flexibility index (Phi) is 4.92. The van der Waals surface area contributed by atoms with Crippen molar-refractivity contribution in [2.45, 2.75) is 30.9 Å². The number of rotatable bonds is 5. The molecular weight excluding hydrogens is 322 g/mol. The van der Waals surface area contributed by atoms with Gasteiger partial charge in [0, 0.05) is 5.92 Å². The molecule has 0 atom stereocenters. The lowest BCUT2D eigenvalue weighted by molar-refractivity contribution is -0.118. The van der Waals surface area contributed by atoms with E-state index in [1.807, 2.05) is 19.1 Å². The average molecular weight is 339 g/mol. The van der Waals surface area contributed by atoms with Crippen LogP contribution in [0.15, 0.2) is 28.6 Å². The molecule has 8 heteroatoms. The molecule has 0 saturated carbocycles. The van der Waals surface area contributed by atoms with Crippen molar-refractivity contribution >= 4 is 32.2 Å². The summed E-state index contributed by atoms with van der Waals surface area (Å²) in [5.74, 6) is -0.568. The van der Waals surface area contributed by atoms with E-state index >= 15 is 0 Å². The SMILES string of the molecule is Cc1ccccc1CS(=O)(=O)c1nnc(NC(=O)C(C)C)s1. The van der Waals surface area contributed by atoms with Crippen molar-refractivity contribution in [1.29, 1.82) is 0 Å². The Morgan fingerprint density at radius 2 is 1.95 bits per heavy atom. The van der Waals surface area contributed by atoms with Crippen molar-refractivity contribution in [3.8, 4) is 0 Å². The van der Waals surface area contributed by atoms with Gasteiger partial charge >= 0.3 is 0 Å². The van der Waals surface area contributed by atoms with Crippen molar-refractivity contribution in [1.82, 2.24) is 10.2 Å². The van der Waals surface area contributed by atoms with E-state index in [1.165, 1.54) is 0 Å². The second-order valence-electron chi connectivity index (χ2n) is 5.20. The Morgan fingerprint density at radius 3 is 2.59 bits per heavy atom. The van der Waals surface area contributed by atoms with Gasteiger partial charge in [0.25, 0.3) is 0 Å². The van der Waals surface area contributed by atoms with Gasteiger partial charge in [0.05, 0.1) is 5.75 Å². The van der Waals surface area contributed by atoms with Crippen LogP contribution in [0.4, 0.5) is 5.13 Å². The van der Waals surface area contributed by atoms with Gasteiger partial charge in [-0.3, -0.25) is 4.79 Å². The third-order valence-corrected chi connectivity index (χ3v) is 5.98. The maximum absolute atomic E-state index is 12.4. The van der Waals surface area contributed by atoms with Gasteiger partial charge in [0.2, 0.25) is 25.2 Å². The van der Waals surface area contributed by atoms with E-state index in [4.69, 9.17) is 0 Å². The van der Waals surface area contributed by atoms with Gasteiger partial charge in [0.1, 0.15) is 0 Å². The highest BCUT2D eigenvalue weighted by Crippen LogP contribution is 2.24. The second-order valence-corrected chi connectivity index (χ2v) is 8.34. The number of hydrogen-bond acceptors (Lipinski definition) is 6. The van der Waals surface area contributed by atoms with Gasteiger partial charge in [-0.1, -0.05) is 49.4 Å². The molecule has 1 aromatic heterocycles. The zero-order valence-corrected chi connectivity index (χ0v) is 14.2. The molecule has 2 rings (SSSR count). The van der Waals surface area contributed by atoms with Crippen LogP contribution in [-0.4, -0.2) is 24.5 Å². The van der Waals surface area contributed by atoms with Crippen molar-refractivity contribution in [2.75, 3.05) is 5.32 Å². The summed E-state index contributed by atoms with van der Waals surface area (Å²) >= 11 is 0.869. The Labute approximate surface area is 133 Å². The molecule has 6 nitrogen and oxygen atoms in total. The monoisotopic (exact) mass is 339 g/mol. The third-order valence-electron chi connectivity index (χ3n) is 3.03. The molecule has 1 N–H and O–H groups in total. The smallest absolute Gasteiger partial charge is 0.234 e. The first kappa shape index (κ1) is 16.6. The van der Waals surface area contributed by atoms with E-state index < -0.39 is 9.84 Å². The average Bonchev–Trinajstić information content (AvgIpc) is 2.90. The summed E-state index contributed by atoms with van der Waals surface area (Å²) in [5.41, 5.74) is 1.63. The number of nitrogens with zero attached hydrogens (tertiary/aromatic N) is 2. The largest absolute Gasteiger partial charge is 0.300 e. The first-order valence-corrected chi connectivity index (χ1v) is 9.18. The number of carbonyl (C=O) groups excluding carboxylic acids is 1. The van der Waals surface area contributed by atoms with E-state index in [1.54, 1.807) is 26.0 Å². The van der Waals surface area contributed by atoms with Gasteiger partial charge in [0.15, 0.2) is 0 Å². The number of aromatic nitrogens is 2. The molecule has 0 aliphatic heterocycles. The number of benzene rings is 1. The molecule has 118 valence electrons.